The van der Waals surface area contributed by atoms with E-state index in [0.29, 0.717) is 11.8 Å². The van der Waals surface area contributed by atoms with Crippen molar-refractivity contribution in [2.45, 2.75) is 44.6 Å². The summed E-state index contributed by atoms with van der Waals surface area (Å²) in [7, 11) is 0. The SMILES string of the molecule is CCC[C@H](N)c1nc(C2Cc3ccccc3C2)no1. The van der Waals surface area contributed by atoms with Gasteiger partial charge < -0.3 is 10.3 Å². The van der Waals surface area contributed by atoms with Crippen LogP contribution < -0.4 is 5.73 Å². The molecule has 4 nitrogen and oxygen atoms in total. The second-order valence-corrected chi connectivity index (χ2v) is 5.26. The molecule has 0 fully saturated rings. The average molecular weight is 257 g/mol. The van der Waals surface area contributed by atoms with Crippen LogP contribution in [0.1, 0.15) is 54.6 Å². The van der Waals surface area contributed by atoms with E-state index in [-0.39, 0.29) is 6.04 Å². The summed E-state index contributed by atoms with van der Waals surface area (Å²) in [5, 5.41) is 4.12. The first-order chi connectivity index (χ1) is 9.28. The van der Waals surface area contributed by atoms with E-state index in [1.165, 1.54) is 11.1 Å². The topological polar surface area (TPSA) is 64.9 Å². The van der Waals surface area contributed by atoms with E-state index >= 15 is 0 Å². The molecule has 3 rings (SSSR count). The Balaban J connectivity index is 1.75. The highest BCUT2D eigenvalue weighted by atomic mass is 16.5. The molecule has 1 aromatic carbocycles. The van der Waals surface area contributed by atoms with Crippen molar-refractivity contribution in [3.05, 3.63) is 47.1 Å². The molecule has 1 aliphatic carbocycles. The highest BCUT2D eigenvalue weighted by molar-refractivity contribution is 5.34. The first-order valence-corrected chi connectivity index (χ1v) is 6.93. The number of aromatic nitrogens is 2. The molecule has 2 aromatic rings. The third-order valence-corrected chi connectivity index (χ3v) is 3.79. The Labute approximate surface area is 113 Å². The van der Waals surface area contributed by atoms with Gasteiger partial charge in [0.2, 0.25) is 5.89 Å². The largest absolute Gasteiger partial charge is 0.338 e. The van der Waals surface area contributed by atoms with Crippen LogP contribution in [0, 0.1) is 0 Å². The van der Waals surface area contributed by atoms with Gasteiger partial charge in [-0.05, 0) is 30.4 Å². The summed E-state index contributed by atoms with van der Waals surface area (Å²) < 4.78 is 5.30. The minimum atomic E-state index is -0.130. The summed E-state index contributed by atoms with van der Waals surface area (Å²) in [6, 6.07) is 8.40. The van der Waals surface area contributed by atoms with E-state index in [1.54, 1.807) is 0 Å². The standard InChI is InChI=1S/C15H19N3O/c1-2-5-13(16)15-17-14(18-19-15)12-8-10-6-3-4-7-11(10)9-12/h3-4,6-7,12-13H,2,5,8-9,16H2,1H3/t13-/m0/s1. The molecule has 0 bridgehead atoms. The molecule has 1 heterocycles. The summed E-state index contributed by atoms with van der Waals surface area (Å²) in [6.07, 6.45) is 3.90. The number of benzene rings is 1. The molecule has 100 valence electrons. The number of nitrogens with two attached hydrogens (primary N) is 1. The Kier molecular flexibility index (Phi) is 3.34. The molecular formula is C15H19N3O. The van der Waals surface area contributed by atoms with Crippen LogP contribution >= 0.6 is 0 Å². The Morgan fingerprint density at radius 1 is 1.32 bits per heavy atom. The molecule has 0 saturated heterocycles. The molecular weight excluding hydrogens is 238 g/mol. The van der Waals surface area contributed by atoms with Gasteiger partial charge in [0.25, 0.3) is 0 Å². The van der Waals surface area contributed by atoms with Crippen molar-refractivity contribution in [3.8, 4) is 0 Å². The molecule has 2 N–H and O–H groups in total. The third kappa shape index (κ3) is 2.40. The van der Waals surface area contributed by atoms with Gasteiger partial charge in [-0.15, -0.1) is 0 Å². The number of nitrogens with zero attached hydrogens (tertiary/aromatic N) is 2. The lowest BCUT2D eigenvalue weighted by molar-refractivity contribution is 0.342. The number of hydrogen-bond acceptors (Lipinski definition) is 4. The minimum absolute atomic E-state index is 0.130. The Bertz CT molecular complexity index is 539. The van der Waals surface area contributed by atoms with Gasteiger partial charge in [-0.25, -0.2) is 0 Å². The van der Waals surface area contributed by atoms with Crippen molar-refractivity contribution in [2.75, 3.05) is 0 Å². The quantitative estimate of drug-likeness (QED) is 0.914. The fourth-order valence-electron chi connectivity index (χ4n) is 2.74. The number of rotatable bonds is 4. The van der Waals surface area contributed by atoms with Crippen molar-refractivity contribution in [1.82, 2.24) is 10.1 Å². The Hall–Kier alpha value is -1.68. The molecule has 1 aromatic heterocycles. The zero-order valence-corrected chi connectivity index (χ0v) is 11.2. The van der Waals surface area contributed by atoms with Crippen molar-refractivity contribution in [2.24, 2.45) is 5.73 Å². The lowest BCUT2D eigenvalue weighted by Gasteiger charge is -2.03. The lowest BCUT2D eigenvalue weighted by Crippen LogP contribution is -2.10. The predicted octanol–water partition coefficient (Wildman–Crippen LogP) is 2.75. The van der Waals surface area contributed by atoms with Crippen LogP contribution in [0.15, 0.2) is 28.8 Å². The third-order valence-electron chi connectivity index (χ3n) is 3.79. The molecule has 0 spiro atoms. The maximum atomic E-state index is 6.01. The van der Waals surface area contributed by atoms with E-state index in [1.807, 2.05) is 0 Å². The smallest absolute Gasteiger partial charge is 0.243 e. The Morgan fingerprint density at radius 2 is 2.00 bits per heavy atom. The maximum Gasteiger partial charge on any atom is 0.243 e. The highest BCUT2D eigenvalue weighted by Crippen LogP contribution is 2.32. The molecule has 1 atom stereocenters. The molecule has 1 aliphatic rings. The zero-order valence-electron chi connectivity index (χ0n) is 11.2. The van der Waals surface area contributed by atoms with Crippen molar-refractivity contribution < 1.29 is 4.52 Å². The van der Waals surface area contributed by atoms with Gasteiger partial charge in [0, 0.05) is 5.92 Å². The normalized spacial score (nSPS) is 16.5. The van der Waals surface area contributed by atoms with Crippen LogP contribution in [0.5, 0.6) is 0 Å². The first kappa shape index (κ1) is 12.4. The summed E-state index contributed by atoms with van der Waals surface area (Å²) in [5.74, 6) is 1.72. The van der Waals surface area contributed by atoms with E-state index in [4.69, 9.17) is 10.3 Å². The van der Waals surface area contributed by atoms with Gasteiger partial charge in [-0.3, -0.25) is 0 Å². The number of fused-ring (bicyclic) bond motifs is 1. The molecule has 0 unspecified atom stereocenters. The molecule has 4 heteroatoms. The second-order valence-electron chi connectivity index (χ2n) is 5.26. The van der Waals surface area contributed by atoms with Gasteiger partial charge in [0.1, 0.15) is 0 Å². The number of hydrogen-bond donors (Lipinski definition) is 1. The fraction of sp³-hybridized carbons (Fsp3) is 0.467. The van der Waals surface area contributed by atoms with E-state index in [0.717, 1.165) is 31.5 Å². The van der Waals surface area contributed by atoms with Crippen molar-refractivity contribution in [1.29, 1.82) is 0 Å². The van der Waals surface area contributed by atoms with Crippen LogP contribution in [-0.2, 0) is 12.8 Å². The van der Waals surface area contributed by atoms with Crippen LogP contribution in [0.2, 0.25) is 0 Å². The lowest BCUT2D eigenvalue weighted by atomic mass is 10.1. The van der Waals surface area contributed by atoms with Gasteiger partial charge in [0.05, 0.1) is 6.04 Å². The van der Waals surface area contributed by atoms with Crippen molar-refractivity contribution in [3.63, 3.8) is 0 Å². The second kappa shape index (κ2) is 5.13. The molecule has 0 saturated carbocycles. The zero-order chi connectivity index (χ0) is 13.2. The Morgan fingerprint density at radius 3 is 2.63 bits per heavy atom. The first-order valence-electron chi connectivity index (χ1n) is 6.93. The van der Waals surface area contributed by atoms with Crippen molar-refractivity contribution >= 4 is 0 Å². The van der Waals surface area contributed by atoms with Gasteiger partial charge in [-0.1, -0.05) is 42.8 Å². The minimum Gasteiger partial charge on any atom is -0.338 e. The van der Waals surface area contributed by atoms with Crippen LogP contribution in [0.4, 0.5) is 0 Å². The highest BCUT2D eigenvalue weighted by Gasteiger charge is 2.27. The van der Waals surface area contributed by atoms with Crippen LogP contribution in [0.3, 0.4) is 0 Å². The summed E-state index contributed by atoms with van der Waals surface area (Å²) in [6.45, 7) is 2.10. The summed E-state index contributed by atoms with van der Waals surface area (Å²) in [4.78, 5) is 4.49. The molecule has 0 radical (unpaired) electrons. The summed E-state index contributed by atoms with van der Waals surface area (Å²) in [5.41, 5.74) is 8.80. The van der Waals surface area contributed by atoms with Gasteiger partial charge >= 0.3 is 0 Å². The molecule has 0 aliphatic heterocycles. The fourth-order valence-corrected chi connectivity index (χ4v) is 2.74. The van der Waals surface area contributed by atoms with Gasteiger partial charge in [-0.2, -0.15) is 4.98 Å². The average Bonchev–Trinajstić information content (AvgIpc) is 3.05. The van der Waals surface area contributed by atoms with E-state index < -0.39 is 0 Å². The van der Waals surface area contributed by atoms with E-state index in [2.05, 4.69) is 41.3 Å². The summed E-state index contributed by atoms with van der Waals surface area (Å²) >= 11 is 0. The van der Waals surface area contributed by atoms with E-state index in [9.17, 15) is 0 Å². The predicted molar refractivity (Wildman–Crippen MR) is 72.7 cm³/mol. The van der Waals surface area contributed by atoms with Crippen LogP contribution in [0.25, 0.3) is 0 Å². The maximum absolute atomic E-state index is 6.01. The van der Waals surface area contributed by atoms with Gasteiger partial charge in [0.15, 0.2) is 5.82 Å². The monoisotopic (exact) mass is 257 g/mol. The molecule has 0 amide bonds. The van der Waals surface area contributed by atoms with Crippen LogP contribution in [-0.4, -0.2) is 10.1 Å². The molecule has 19 heavy (non-hydrogen) atoms.